The zero-order valence-electron chi connectivity index (χ0n) is 12.8. The second-order valence-electron chi connectivity index (χ2n) is 5.41. The number of primary sulfonamides is 1. The van der Waals surface area contributed by atoms with Crippen LogP contribution in [-0.4, -0.2) is 13.6 Å². The molecule has 118 valence electrons. The topological polar surface area (TPSA) is 86.2 Å². The van der Waals surface area contributed by atoms with Crippen molar-refractivity contribution in [3.8, 4) is 22.5 Å². The maximum Gasteiger partial charge on any atom is 0.238 e. The Morgan fingerprint density at radius 2 is 1.48 bits per heavy atom. The van der Waals surface area contributed by atoms with Crippen LogP contribution in [0, 0.1) is 13.8 Å². The van der Waals surface area contributed by atoms with Gasteiger partial charge in [-0.25, -0.2) is 13.6 Å². The average Bonchev–Trinajstić information content (AvgIpc) is 2.89. The number of sulfonamides is 1. The minimum absolute atomic E-state index is 0.0642. The van der Waals surface area contributed by atoms with Gasteiger partial charge in [-0.15, -0.1) is 0 Å². The molecule has 0 aliphatic carbocycles. The molecule has 3 rings (SSSR count). The van der Waals surface area contributed by atoms with E-state index < -0.39 is 10.0 Å². The van der Waals surface area contributed by atoms with Gasteiger partial charge in [0.1, 0.15) is 0 Å². The van der Waals surface area contributed by atoms with Crippen molar-refractivity contribution in [2.24, 2.45) is 5.14 Å². The van der Waals surface area contributed by atoms with Crippen LogP contribution in [0.3, 0.4) is 0 Å². The monoisotopic (exact) mass is 328 g/mol. The third kappa shape index (κ3) is 3.04. The third-order valence-corrected chi connectivity index (χ3v) is 4.58. The first kappa shape index (κ1) is 15.5. The molecule has 0 fully saturated rings. The molecule has 2 aromatic carbocycles. The largest absolute Gasteiger partial charge is 0.355 e. The van der Waals surface area contributed by atoms with Crippen LogP contribution in [0.4, 0.5) is 0 Å². The molecular formula is C17H16N2O3S. The number of hydrogen-bond acceptors (Lipinski definition) is 4. The highest BCUT2D eigenvalue weighted by Gasteiger charge is 2.17. The molecule has 6 heteroatoms. The predicted octanol–water partition coefficient (Wildman–Crippen LogP) is 3.27. The number of aryl methyl sites for hydroxylation is 2. The molecule has 3 aromatic rings. The Hall–Kier alpha value is -2.44. The summed E-state index contributed by atoms with van der Waals surface area (Å²) in [6.07, 6.45) is 0. The van der Waals surface area contributed by atoms with E-state index in [1.165, 1.54) is 17.7 Å². The van der Waals surface area contributed by atoms with Gasteiger partial charge >= 0.3 is 0 Å². The summed E-state index contributed by atoms with van der Waals surface area (Å²) in [5.74, 6) is 0.604. The first-order valence-corrected chi connectivity index (χ1v) is 8.57. The molecule has 0 atom stereocenters. The van der Waals surface area contributed by atoms with Crippen LogP contribution in [-0.2, 0) is 10.0 Å². The molecular weight excluding hydrogens is 312 g/mol. The van der Waals surface area contributed by atoms with Crippen LogP contribution in [0.1, 0.15) is 11.3 Å². The predicted molar refractivity (Wildman–Crippen MR) is 88.2 cm³/mol. The molecule has 0 saturated carbocycles. The van der Waals surface area contributed by atoms with Crippen molar-refractivity contribution in [2.45, 2.75) is 18.7 Å². The van der Waals surface area contributed by atoms with Crippen molar-refractivity contribution in [2.75, 3.05) is 0 Å². The summed E-state index contributed by atoms with van der Waals surface area (Å²) in [4.78, 5) is 0.0642. The summed E-state index contributed by atoms with van der Waals surface area (Å²) in [5.41, 5.74) is 4.59. The first-order chi connectivity index (χ1) is 10.9. The van der Waals surface area contributed by atoms with Crippen LogP contribution < -0.4 is 5.14 Å². The molecule has 1 heterocycles. The molecule has 0 aliphatic heterocycles. The van der Waals surface area contributed by atoms with Crippen LogP contribution >= 0.6 is 0 Å². The molecule has 0 aliphatic rings. The second kappa shape index (κ2) is 5.64. The highest BCUT2D eigenvalue weighted by molar-refractivity contribution is 7.89. The summed E-state index contributed by atoms with van der Waals surface area (Å²) in [6.45, 7) is 3.90. The molecule has 2 N–H and O–H groups in total. The normalized spacial score (nSPS) is 11.6. The van der Waals surface area contributed by atoms with Gasteiger partial charge in [-0.05, 0) is 43.7 Å². The van der Waals surface area contributed by atoms with E-state index in [2.05, 4.69) is 5.16 Å². The number of rotatable bonds is 3. The number of nitrogens with two attached hydrogens (primary N) is 1. The fourth-order valence-electron chi connectivity index (χ4n) is 2.42. The average molecular weight is 328 g/mol. The van der Waals surface area contributed by atoms with Gasteiger partial charge in [0.15, 0.2) is 5.76 Å². The quantitative estimate of drug-likeness (QED) is 0.799. The number of hydrogen-bond donors (Lipinski definition) is 1. The van der Waals surface area contributed by atoms with E-state index in [1.807, 2.05) is 38.1 Å². The lowest BCUT2D eigenvalue weighted by Gasteiger charge is -2.05. The van der Waals surface area contributed by atoms with Gasteiger partial charge in [-0.1, -0.05) is 35.0 Å². The first-order valence-electron chi connectivity index (χ1n) is 7.03. The molecule has 1 aromatic heterocycles. The molecule has 0 bridgehead atoms. The maximum absolute atomic E-state index is 11.3. The van der Waals surface area contributed by atoms with Crippen LogP contribution in [0.5, 0.6) is 0 Å². The molecule has 0 amide bonds. The Kier molecular flexibility index (Phi) is 3.79. The number of aromatic nitrogens is 1. The van der Waals surface area contributed by atoms with Crippen molar-refractivity contribution in [1.82, 2.24) is 5.16 Å². The zero-order chi connectivity index (χ0) is 16.6. The van der Waals surface area contributed by atoms with Gasteiger partial charge in [0.05, 0.1) is 16.2 Å². The smallest absolute Gasteiger partial charge is 0.238 e. The fraction of sp³-hybridized carbons (Fsp3) is 0.118. The van der Waals surface area contributed by atoms with Crippen molar-refractivity contribution >= 4 is 10.0 Å². The standard InChI is InChI=1S/C17H16N2O3S/c1-11-3-5-13(6-4-11)16-12(2)19-22-17(16)14-7-9-15(10-8-14)23(18,20)21/h3-10H,1-2H3,(H2,18,20,21). The maximum atomic E-state index is 11.3. The van der Waals surface area contributed by atoms with Gasteiger partial charge in [0.25, 0.3) is 0 Å². The van der Waals surface area contributed by atoms with Gasteiger partial charge < -0.3 is 4.52 Å². The van der Waals surface area contributed by atoms with E-state index in [-0.39, 0.29) is 4.90 Å². The van der Waals surface area contributed by atoms with Crippen molar-refractivity contribution < 1.29 is 12.9 Å². The van der Waals surface area contributed by atoms with E-state index >= 15 is 0 Å². The molecule has 0 radical (unpaired) electrons. The van der Waals surface area contributed by atoms with Crippen molar-refractivity contribution in [3.05, 3.63) is 59.8 Å². The van der Waals surface area contributed by atoms with Crippen LogP contribution in [0.15, 0.2) is 57.9 Å². The molecule has 5 nitrogen and oxygen atoms in total. The lowest BCUT2D eigenvalue weighted by Crippen LogP contribution is -2.11. The zero-order valence-corrected chi connectivity index (χ0v) is 13.6. The summed E-state index contributed by atoms with van der Waals surface area (Å²) >= 11 is 0. The highest BCUT2D eigenvalue weighted by atomic mass is 32.2. The number of benzene rings is 2. The summed E-state index contributed by atoms with van der Waals surface area (Å²) in [5, 5.41) is 9.17. The Labute approximate surface area is 134 Å². The lowest BCUT2D eigenvalue weighted by molar-refractivity contribution is 0.427. The Morgan fingerprint density at radius 3 is 2.04 bits per heavy atom. The van der Waals surface area contributed by atoms with E-state index in [4.69, 9.17) is 9.66 Å². The van der Waals surface area contributed by atoms with Crippen molar-refractivity contribution in [1.29, 1.82) is 0 Å². The molecule has 23 heavy (non-hydrogen) atoms. The summed E-state index contributed by atoms with van der Waals surface area (Å²) < 4.78 is 28.2. The van der Waals surface area contributed by atoms with Gasteiger partial charge in [0, 0.05) is 5.56 Å². The van der Waals surface area contributed by atoms with E-state index in [9.17, 15) is 8.42 Å². The molecule has 0 spiro atoms. The van der Waals surface area contributed by atoms with E-state index in [1.54, 1.807) is 12.1 Å². The van der Waals surface area contributed by atoms with E-state index in [0.29, 0.717) is 5.76 Å². The fourth-order valence-corrected chi connectivity index (χ4v) is 2.94. The Bertz CT molecular complexity index is 941. The van der Waals surface area contributed by atoms with Crippen LogP contribution in [0.2, 0.25) is 0 Å². The minimum atomic E-state index is -3.71. The third-order valence-electron chi connectivity index (χ3n) is 3.65. The molecule has 0 saturated heterocycles. The summed E-state index contributed by atoms with van der Waals surface area (Å²) in [6, 6.07) is 14.3. The highest BCUT2D eigenvalue weighted by Crippen LogP contribution is 2.35. The number of nitrogens with zero attached hydrogens (tertiary/aromatic N) is 1. The Morgan fingerprint density at radius 1 is 0.913 bits per heavy atom. The van der Waals surface area contributed by atoms with Gasteiger partial charge in [-0.2, -0.15) is 0 Å². The second-order valence-corrected chi connectivity index (χ2v) is 6.97. The van der Waals surface area contributed by atoms with Crippen LogP contribution in [0.25, 0.3) is 22.5 Å². The Balaban J connectivity index is 2.10. The lowest BCUT2D eigenvalue weighted by atomic mass is 9.99. The van der Waals surface area contributed by atoms with Crippen molar-refractivity contribution in [3.63, 3.8) is 0 Å². The van der Waals surface area contributed by atoms with Gasteiger partial charge in [-0.3, -0.25) is 0 Å². The minimum Gasteiger partial charge on any atom is -0.355 e. The van der Waals surface area contributed by atoms with E-state index in [0.717, 1.165) is 22.4 Å². The SMILES string of the molecule is Cc1ccc(-c2c(C)noc2-c2ccc(S(N)(=O)=O)cc2)cc1. The molecule has 0 unspecified atom stereocenters. The van der Waals surface area contributed by atoms with Gasteiger partial charge in [0.2, 0.25) is 10.0 Å². The summed E-state index contributed by atoms with van der Waals surface area (Å²) in [7, 11) is -3.71.